The van der Waals surface area contributed by atoms with E-state index in [9.17, 15) is 0 Å². The van der Waals surface area contributed by atoms with E-state index in [2.05, 4.69) is 50.3 Å². The number of rotatable bonds is 12. The summed E-state index contributed by atoms with van der Waals surface area (Å²) in [5.74, 6) is 0. The highest BCUT2D eigenvalue weighted by Gasteiger charge is 1.81. The predicted molar refractivity (Wildman–Crippen MR) is 84.9 cm³/mol. The standard InChI is InChI=1S/C18H32/c1-3-5-7-9-11-13-15-17-18-16-14-12-10-8-6-4-2/h9,11-12,14,17-18H,3-8,10,13,15-16H2,1-2H3/b11-9-,14-12-,18-17-. The average molecular weight is 248 g/mol. The van der Waals surface area contributed by atoms with E-state index in [1.807, 2.05) is 0 Å². The van der Waals surface area contributed by atoms with Crippen LogP contribution in [0.1, 0.15) is 78.1 Å². The molecule has 0 aromatic carbocycles. The van der Waals surface area contributed by atoms with Crippen LogP contribution in [0, 0.1) is 0 Å². The van der Waals surface area contributed by atoms with Gasteiger partial charge in [0.2, 0.25) is 0 Å². The zero-order chi connectivity index (χ0) is 13.3. The van der Waals surface area contributed by atoms with E-state index in [0.29, 0.717) is 0 Å². The second kappa shape index (κ2) is 16.2. The Hall–Kier alpha value is -0.780. The van der Waals surface area contributed by atoms with E-state index in [0.717, 1.165) is 6.42 Å². The normalized spacial score (nSPS) is 12.3. The minimum absolute atomic E-state index is 1.10. The Morgan fingerprint density at radius 3 is 1.67 bits per heavy atom. The molecule has 0 heteroatoms. The van der Waals surface area contributed by atoms with Crippen LogP contribution in [0.15, 0.2) is 36.5 Å². The Kier molecular flexibility index (Phi) is 15.5. The Morgan fingerprint density at radius 1 is 0.500 bits per heavy atom. The second-order valence-electron chi connectivity index (χ2n) is 4.87. The summed E-state index contributed by atoms with van der Waals surface area (Å²) in [6, 6.07) is 0. The lowest BCUT2D eigenvalue weighted by Gasteiger charge is -1.91. The van der Waals surface area contributed by atoms with Gasteiger partial charge in [-0.25, -0.2) is 0 Å². The van der Waals surface area contributed by atoms with Crippen LogP contribution >= 0.6 is 0 Å². The van der Waals surface area contributed by atoms with E-state index in [1.54, 1.807) is 0 Å². The predicted octanol–water partition coefficient (Wildman–Crippen LogP) is 6.60. The molecule has 0 bridgehead atoms. The van der Waals surface area contributed by atoms with Gasteiger partial charge in [-0.1, -0.05) is 76.0 Å². The fourth-order valence-corrected chi connectivity index (χ4v) is 1.77. The van der Waals surface area contributed by atoms with Gasteiger partial charge in [0.05, 0.1) is 0 Å². The van der Waals surface area contributed by atoms with Gasteiger partial charge in [-0.2, -0.15) is 0 Å². The summed E-state index contributed by atoms with van der Waals surface area (Å²) in [6.07, 6.45) is 26.5. The van der Waals surface area contributed by atoms with Crippen LogP contribution in [-0.2, 0) is 0 Å². The molecular weight excluding hydrogens is 216 g/mol. The van der Waals surface area contributed by atoms with Crippen molar-refractivity contribution in [1.82, 2.24) is 0 Å². The monoisotopic (exact) mass is 248 g/mol. The van der Waals surface area contributed by atoms with Gasteiger partial charge in [0.15, 0.2) is 0 Å². The molecule has 0 unspecified atom stereocenters. The van der Waals surface area contributed by atoms with Crippen LogP contribution in [-0.4, -0.2) is 0 Å². The van der Waals surface area contributed by atoms with E-state index < -0.39 is 0 Å². The maximum absolute atomic E-state index is 2.32. The van der Waals surface area contributed by atoms with Crippen molar-refractivity contribution in [3.8, 4) is 0 Å². The van der Waals surface area contributed by atoms with Crippen molar-refractivity contribution >= 4 is 0 Å². The molecule has 0 aliphatic heterocycles. The Bertz CT molecular complexity index is 220. The maximum atomic E-state index is 2.32. The van der Waals surface area contributed by atoms with Gasteiger partial charge in [-0.15, -0.1) is 0 Å². The molecule has 0 rings (SSSR count). The van der Waals surface area contributed by atoms with Crippen molar-refractivity contribution in [2.75, 3.05) is 0 Å². The molecule has 0 N–H and O–H groups in total. The molecule has 0 amide bonds. The van der Waals surface area contributed by atoms with Crippen molar-refractivity contribution < 1.29 is 0 Å². The summed E-state index contributed by atoms with van der Waals surface area (Å²) in [5, 5.41) is 0. The van der Waals surface area contributed by atoms with Gasteiger partial charge in [-0.05, 0) is 38.5 Å². The Morgan fingerprint density at radius 2 is 1.00 bits per heavy atom. The highest BCUT2D eigenvalue weighted by Crippen LogP contribution is 2.01. The molecule has 0 nitrogen and oxygen atoms in total. The third kappa shape index (κ3) is 15.2. The van der Waals surface area contributed by atoms with E-state index >= 15 is 0 Å². The number of unbranched alkanes of at least 4 members (excludes halogenated alkanes) is 6. The zero-order valence-corrected chi connectivity index (χ0v) is 12.5. The fraction of sp³-hybridized carbons (Fsp3) is 0.667. The molecule has 18 heavy (non-hydrogen) atoms. The fourth-order valence-electron chi connectivity index (χ4n) is 1.77. The Balaban J connectivity index is 3.25. The molecule has 0 radical (unpaired) electrons. The van der Waals surface area contributed by atoms with Gasteiger partial charge in [0.25, 0.3) is 0 Å². The first-order valence-electron chi connectivity index (χ1n) is 7.86. The van der Waals surface area contributed by atoms with Crippen LogP contribution in [0.25, 0.3) is 0 Å². The average Bonchev–Trinajstić information content (AvgIpc) is 2.39. The molecule has 0 aromatic rings. The first-order chi connectivity index (χ1) is 8.91. The minimum Gasteiger partial charge on any atom is -0.0885 e. The van der Waals surface area contributed by atoms with Crippen molar-refractivity contribution in [2.24, 2.45) is 0 Å². The third-order valence-corrected chi connectivity index (χ3v) is 2.97. The summed E-state index contributed by atoms with van der Waals surface area (Å²) in [4.78, 5) is 0. The molecule has 0 saturated carbocycles. The highest BCUT2D eigenvalue weighted by molar-refractivity contribution is 4.94. The lowest BCUT2D eigenvalue weighted by Crippen LogP contribution is -1.71. The smallest absolute Gasteiger partial charge is 0.0169 e. The van der Waals surface area contributed by atoms with Crippen LogP contribution < -0.4 is 0 Å². The lowest BCUT2D eigenvalue weighted by atomic mass is 10.2. The summed E-state index contributed by atoms with van der Waals surface area (Å²) in [5.41, 5.74) is 0. The molecule has 0 aromatic heterocycles. The van der Waals surface area contributed by atoms with Gasteiger partial charge in [-0.3, -0.25) is 0 Å². The van der Waals surface area contributed by atoms with Crippen LogP contribution in [0.3, 0.4) is 0 Å². The molecule has 0 fully saturated rings. The molecular formula is C18H32. The van der Waals surface area contributed by atoms with Crippen LogP contribution in [0.2, 0.25) is 0 Å². The SMILES string of the molecule is CCCC/C=C\CC/C=C\C/C=C\CCCCC. The second-order valence-corrected chi connectivity index (χ2v) is 4.87. The molecule has 104 valence electrons. The lowest BCUT2D eigenvalue weighted by molar-refractivity contribution is 0.728. The van der Waals surface area contributed by atoms with Crippen molar-refractivity contribution in [2.45, 2.75) is 78.1 Å². The quantitative estimate of drug-likeness (QED) is 0.270. The third-order valence-electron chi connectivity index (χ3n) is 2.97. The van der Waals surface area contributed by atoms with Gasteiger partial charge in [0, 0.05) is 0 Å². The minimum atomic E-state index is 1.10. The first-order valence-corrected chi connectivity index (χ1v) is 7.86. The summed E-state index contributed by atoms with van der Waals surface area (Å²) in [6.45, 7) is 4.50. The number of hydrogen-bond acceptors (Lipinski definition) is 0. The summed E-state index contributed by atoms with van der Waals surface area (Å²) < 4.78 is 0. The van der Waals surface area contributed by atoms with Crippen LogP contribution in [0.5, 0.6) is 0 Å². The Labute approximate surface area is 115 Å². The van der Waals surface area contributed by atoms with Gasteiger partial charge in [0.1, 0.15) is 0 Å². The van der Waals surface area contributed by atoms with Crippen LogP contribution in [0.4, 0.5) is 0 Å². The van der Waals surface area contributed by atoms with E-state index in [-0.39, 0.29) is 0 Å². The summed E-state index contributed by atoms with van der Waals surface area (Å²) in [7, 11) is 0. The molecule has 0 heterocycles. The highest BCUT2D eigenvalue weighted by atomic mass is 13.9. The van der Waals surface area contributed by atoms with E-state index in [4.69, 9.17) is 0 Å². The number of allylic oxidation sites excluding steroid dienone is 6. The molecule has 0 spiro atoms. The van der Waals surface area contributed by atoms with E-state index in [1.165, 1.54) is 57.8 Å². The summed E-state index contributed by atoms with van der Waals surface area (Å²) >= 11 is 0. The number of hydrogen-bond donors (Lipinski definition) is 0. The molecule has 0 aliphatic rings. The van der Waals surface area contributed by atoms with Crippen molar-refractivity contribution in [3.63, 3.8) is 0 Å². The first kappa shape index (κ1) is 17.2. The van der Waals surface area contributed by atoms with Crippen molar-refractivity contribution in [1.29, 1.82) is 0 Å². The largest absolute Gasteiger partial charge is 0.0885 e. The van der Waals surface area contributed by atoms with Crippen molar-refractivity contribution in [3.05, 3.63) is 36.5 Å². The molecule has 0 aliphatic carbocycles. The zero-order valence-electron chi connectivity index (χ0n) is 12.5. The molecule has 0 saturated heterocycles. The topological polar surface area (TPSA) is 0 Å². The molecule has 0 atom stereocenters. The van der Waals surface area contributed by atoms with Gasteiger partial charge >= 0.3 is 0 Å². The van der Waals surface area contributed by atoms with Gasteiger partial charge < -0.3 is 0 Å². The maximum Gasteiger partial charge on any atom is -0.0169 e.